The summed E-state index contributed by atoms with van der Waals surface area (Å²) in [6, 6.07) is 7.74. The summed E-state index contributed by atoms with van der Waals surface area (Å²) in [6.07, 6.45) is 4.17. The largest absolute Gasteiger partial charge is 0.451 e. The molecule has 148 valence electrons. The summed E-state index contributed by atoms with van der Waals surface area (Å²) in [5.74, 6) is 0.409. The number of aromatic nitrogens is 4. The molecule has 4 heterocycles. The number of aryl methyl sites for hydroxylation is 1. The Kier molecular flexibility index (Phi) is 4.28. The van der Waals surface area contributed by atoms with E-state index >= 15 is 0 Å². The lowest BCUT2D eigenvalue weighted by atomic mass is 10.0. The lowest BCUT2D eigenvalue weighted by Gasteiger charge is -2.14. The number of carbonyl (C=O) groups excluding carboxylic acids is 1. The first-order valence-corrected chi connectivity index (χ1v) is 9.81. The van der Waals surface area contributed by atoms with Gasteiger partial charge >= 0.3 is 0 Å². The van der Waals surface area contributed by atoms with Gasteiger partial charge in [-0.15, -0.1) is 0 Å². The fraction of sp³-hybridized carbons (Fsp3) is 0.333. The third kappa shape index (κ3) is 3.05. The first-order chi connectivity index (χ1) is 14.1. The van der Waals surface area contributed by atoms with Gasteiger partial charge in [-0.3, -0.25) is 4.79 Å². The third-order valence-electron chi connectivity index (χ3n) is 5.48. The number of nitrogens with two attached hydrogens (primary N) is 1. The van der Waals surface area contributed by atoms with Crippen LogP contribution in [0.25, 0.3) is 22.1 Å². The van der Waals surface area contributed by atoms with E-state index in [-0.39, 0.29) is 11.8 Å². The van der Waals surface area contributed by atoms with E-state index in [1.807, 2.05) is 40.8 Å². The number of likely N-dealkylation sites (tertiary alicyclic amines) is 1. The van der Waals surface area contributed by atoms with Crippen LogP contribution in [-0.4, -0.2) is 50.2 Å². The molecule has 1 unspecified atom stereocenters. The molecule has 1 aliphatic rings. The molecule has 2 N–H and O–H groups in total. The fourth-order valence-electron chi connectivity index (χ4n) is 4.07. The zero-order valence-electron chi connectivity index (χ0n) is 16.2. The molecule has 1 saturated heterocycles. The predicted octanol–water partition coefficient (Wildman–Crippen LogP) is 2.47. The molecule has 1 aromatic carbocycles. The van der Waals surface area contributed by atoms with Gasteiger partial charge in [0.25, 0.3) is 5.91 Å². The second kappa shape index (κ2) is 6.97. The normalized spacial score (nSPS) is 16.9. The number of nitrogens with zero attached hydrogens (tertiary/aromatic N) is 5. The molecule has 0 saturated carbocycles. The highest BCUT2D eigenvalue weighted by Crippen LogP contribution is 2.31. The molecule has 1 aliphatic heterocycles. The number of carbonyl (C=O) groups is 1. The van der Waals surface area contributed by atoms with E-state index in [4.69, 9.17) is 15.2 Å². The van der Waals surface area contributed by atoms with Crippen molar-refractivity contribution >= 4 is 28.0 Å². The van der Waals surface area contributed by atoms with Crippen molar-refractivity contribution in [2.75, 3.05) is 19.6 Å². The van der Waals surface area contributed by atoms with E-state index in [1.165, 1.54) is 0 Å². The Morgan fingerprint density at radius 2 is 2.14 bits per heavy atom. The molecule has 3 aromatic heterocycles. The first-order valence-electron chi connectivity index (χ1n) is 9.81. The Labute approximate surface area is 167 Å². The topological polar surface area (TPSA) is 103 Å². The molecule has 8 heteroatoms. The summed E-state index contributed by atoms with van der Waals surface area (Å²) in [4.78, 5) is 23.7. The summed E-state index contributed by atoms with van der Waals surface area (Å²) in [6.45, 7) is 4.33. The van der Waals surface area contributed by atoms with Crippen molar-refractivity contribution in [2.24, 2.45) is 5.73 Å². The molecule has 4 aromatic rings. The Hall–Kier alpha value is -3.26. The van der Waals surface area contributed by atoms with Gasteiger partial charge in [-0.25, -0.2) is 14.6 Å². The second-order valence-corrected chi connectivity index (χ2v) is 7.51. The van der Waals surface area contributed by atoms with Crippen LogP contribution in [0.5, 0.6) is 0 Å². The Bertz CT molecular complexity index is 1210. The predicted molar refractivity (Wildman–Crippen MR) is 109 cm³/mol. The van der Waals surface area contributed by atoms with Gasteiger partial charge in [-0.1, -0.05) is 11.6 Å². The van der Waals surface area contributed by atoms with Crippen LogP contribution >= 0.6 is 0 Å². The summed E-state index contributed by atoms with van der Waals surface area (Å²) in [5.41, 5.74) is 10.00. The molecule has 5 rings (SSSR count). The van der Waals surface area contributed by atoms with Crippen molar-refractivity contribution in [3.05, 3.63) is 53.7 Å². The van der Waals surface area contributed by atoms with Crippen molar-refractivity contribution in [3.8, 4) is 0 Å². The quantitative estimate of drug-likeness (QED) is 0.574. The Morgan fingerprint density at radius 3 is 3.00 bits per heavy atom. The van der Waals surface area contributed by atoms with Gasteiger partial charge in [0.15, 0.2) is 11.4 Å². The fourth-order valence-corrected chi connectivity index (χ4v) is 4.07. The average molecular weight is 390 g/mol. The van der Waals surface area contributed by atoms with E-state index in [0.717, 1.165) is 39.8 Å². The lowest BCUT2D eigenvalue weighted by Crippen LogP contribution is -2.28. The van der Waals surface area contributed by atoms with Crippen LogP contribution in [0.15, 0.2) is 41.1 Å². The minimum Gasteiger partial charge on any atom is -0.451 e. The van der Waals surface area contributed by atoms with Crippen LogP contribution < -0.4 is 5.73 Å². The van der Waals surface area contributed by atoms with Gasteiger partial charge in [0, 0.05) is 43.3 Å². The number of furan rings is 1. The number of rotatable bonds is 4. The molecule has 0 radical (unpaired) electrons. The summed E-state index contributed by atoms with van der Waals surface area (Å²) >= 11 is 0. The number of amides is 1. The zero-order chi connectivity index (χ0) is 20.0. The number of hydrogen-bond donors (Lipinski definition) is 1. The summed E-state index contributed by atoms with van der Waals surface area (Å²) in [7, 11) is 0. The number of benzene rings is 1. The SMILES string of the molecule is Cc1ccc2oc(C(=O)N3CCC(c4nn(CCN)c5nccnc45)C3)cc2c1. The van der Waals surface area contributed by atoms with E-state index in [1.54, 1.807) is 12.4 Å². The minimum absolute atomic E-state index is 0.0851. The van der Waals surface area contributed by atoms with Crippen molar-refractivity contribution in [1.82, 2.24) is 24.6 Å². The molecule has 1 atom stereocenters. The lowest BCUT2D eigenvalue weighted by molar-refractivity contribution is 0.0761. The van der Waals surface area contributed by atoms with Gasteiger partial charge < -0.3 is 15.1 Å². The highest BCUT2D eigenvalue weighted by molar-refractivity contribution is 5.96. The van der Waals surface area contributed by atoms with Crippen LogP contribution in [0.2, 0.25) is 0 Å². The maximum Gasteiger partial charge on any atom is 0.289 e. The van der Waals surface area contributed by atoms with Gasteiger partial charge in [-0.2, -0.15) is 5.10 Å². The van der Waals surface area contributed by atoms with Crippen LogP contribution in [0.4, 0.5) is 0 Å². The molecule has 29 heavy (non-hydrogen) atoms. The number of hydrogen-bond acceptors (Lipinski definition) is 6. The maximum atomic E-state index is 13.0. The third-order valence-corrected chi connectivity index (χ3v) is 5.48. The van der Waals surface area contributed by atoms with Crippen molar-refractivity contribution in [2.45, 2.75) is 25.8 Å². The van der Waals surface area contributed by atoms with E-state index in [0.29, 0.717) is 31.9 Å². The molecular weight excluding hydrogens is 368 g/mol. The number of fused-ring (bicyclic) bond motifs is 2. The van der Waals surface area contributed by atoms with Crippen LogP contribution in [-0.2, 0) is 6.54 Å². The summed E-state index contributed by atoms with van der Waals surface area (Å²) in [5, 5.41) is 5.67. The van der Waals surface area contributed by atoms with Crippen molar-refractivity contribution in [3.63, 3.8) is 0 Å². The van der Waals surface area contributed by atoms with E-state index in [9.17, 15) is 4.79 Å². The molecule has 0 spiro atoms. The molecule has 1 amide bonds. The van der Waals surface area contributed by atoms with Gasteiger partial charge in [-0.05, 0) is 31.5 Å². The van der Waals surface area contributed by atoms with Crippen LogP contribution in [0.1, 0.15) is 34.2 Å². The summed E-state index contributed by atoms with van der Waals surface area (Å²) < 4.78 is 7.61. The average Bonchev–Trinajstić information content (AvgIpc) is 3.44. The maximum absolute atomic E-state index is 13.0. The molecule has 0 aliphatic carbocycles. The van der Waals surface area contributed by atoms with Crippen LogP contribution in [0.3, 0.4) is 0 Å². The standard InChI is InChI=1S/C21H22N6O2/c1-13-2-3-16-15(10-13)11-17(29-16)21(28)26-8-4-14(12-26)18-19-20(24-7-6-23-19)27(25-18)9-5-22/h2-3,6-7,10-11,14H,4-5,8-9,12,22H2,1H3. The molecule has 0 bridgehead atoms. The molecular formula is C21H22N6O2. The van der Waals surface area contributed by atoms with Gasteiger partial charge in [0.1, 0.15) is 11.1 Å². The zero-order valence-corrected chi connectivity index (χ0v) is 16.2. The first kappa shape index (κ1) is 17.8. The van der Waals surface area contributed by atoms with E-state index < -0.39 is 0 Å². The Morgan fingerprint density at radius 1 is 1.28 bits per heavy atom. The van der Waals surface area contributed by atoms with Crippen molar-refractivity contribution < 1.29 is 9.21 Å². The Balaban J connectivity index is 1.41. The highest BCUT2D eigenvalue weighted by atomic mass is 16.3. The molecule has 8 nitrogen and oxygen atoms in total. The minimum atomic E-state index is -0.0851. The van der Waals surface area contributed by atoms with Gasteiger partial charge in [0.2, 0.25) is 0 Å². The van der Waals surface area contributed by atoms with E-state index in [2.05, 4.69) is 9.97 Å². The monoisotopic (exact) mass is 390 g/mol. The second-order valence-electron chi connectivity index (χ2n) is 7.51. The van der Waals surface area contributed by atoms with Crippen LogP contribution in [0, 0.1) is 6.92 Å². The van der Waals surface area contributed by atoms with Gasteiger partial charge in [0.05, 0.1) is 12.2 Å². The smallest absolute Gasteiger partial charge is 0.289 e. The molecule has 1 fully saturated rings. The highest BCUT2D eigenvalue weighted by Gasteiger charge is 2.33. The van der Waals surface area contributed by atoms with Crippen molar-refractivity contribution in [1.29, 1.82) is 0 Å².